The van der Waals surface area contributed by atoms with Crippen LogP contribution in [0.3, 0.4) is 0 Å². The van der Waals surface area contributed by atoms with E-state index in [1.807, 2.05) is 6.07 Å². The molecule has 3 aromatic rings. The molecule has 0 fully saturated rings. The average molecular weight is 302 g/mol. The third-order valence-electron chi connectivity index (χ3n) is 2.65. The Morgan fingerprint density at radius 3 is 2.95 bits per heavy atom. The van der Waals surface area contributed by atoms with Crippen molar-refractivity contribution in [2.24, 2.45) is 0 Å². The van der Waals surface area contributed by atoms with Crippen LogP contribution in [0.4, 0.5) is 0 Å². The summed E-state index contributed by atoms with van der Waals surface area (Å²) in [6.45, 7) is 0. The number of carbonyl (C=O) groups is 1. The van der Waals surface area contributed by atoms with Crippen LogP contribution in [0.15, 0.2) is 56.5 Å². The van der Waals surface area contributed by atoms with E-state index in [-0.39, 0.29) is 5.56 Å². The molecule has 2 heterocycles. The number of carboxylic acid groups (broad SMARTS) is 1. The van der Waals surface area contributed by atoms with E-state index in [1.54, 1.807) is 30.3 Å². The zero-order valence-corrected chi connectivity index (χ0v) is 11.5. The third-order valence-corrected chi connectivity index (χ3v) is 3.64. The topological polar surface area (TPSA) is 89.4 Å². The van der Waals surface area contributed by atoms with Crippen molar-refractivity contribution in [2.75, 3.05) is 0 Å². The first-order chi connectivity index (χ1) is 10.2. The highest BCUT2D eigenvalue weighted by Crippen LogP contribution is 2.24. The molecule has 0 saturated heterocycles. The van der Waals surface area contributed by atoms with Crippen molar-refractivity contribution in [3.63, 3.8) is 0 Å². The molecular weight excluding hydrogens is 292 g/mol. The van der Waals surface area contributed by atoms with Gasteiger partial charge in [-0.1, -0.05) is 11.2 Å². The van der Waals surface area contributed by atoms with Crippen molar-refractivity contribution in [3.05, 3.63) is 54.0 Å². The van der Waals surface area contributed by atoms with Gasteiger partial charge >= 0.3 is 5.97 Å². The van der Waals surface area contributed by atoms with Crippen LogP contribution in [0, 0.1) is 0 Å². The first kappa shape index (κ1) is 13.4. The summed E-state index contributed by atoms with van der Waals surface area (Å²) in [5.74, 6) is 0.901. The molecule has 106 valence electrons. The normalized spacial score (nSPS) is 10.7. The number of benzene rings is 1. The van der Waals surface area contributed by atoms with E-state index in [4.69, 9.17) is 14.0 Å². The van der Waals surface area contributed by atoms with Gasteiger partial charge in [0.15, 0.2) is 11.6 Å². The maximum Gasteiger partial charge on any atom is 0.335 e. The van der Waals surface area contributed by atoms with Crippen LogP contribution in [0.2, 0.25) is 0 Å². The monoisotopic (exact) mass is 302 g/mol. The Kier molecular flexibility index (Phi) is 3.74. The van der Waals surface area contributed by atoms with Gasteiger partial charge in [-0.15, -0.1) is 11.8 Å². The number of furan rings is 1. The van der Waals surface area contributed by atoms with Crippen molar-refractivity contribution in [1.82, 2.24) is 10.1 Å². The van der Waals surface area contributed by atoms with Gasteiger partial charge in [0.1, 0.15) is 0 Å². The summed E-state index contributed by atoms with van der Waals surface area (Å²) in [4.78, 5) is 16.0. The fourth-order valence-corrected chi connectivity index (χ4v) is 2.48. The molecule has 0 unspecified atom stereocenters. The molecule has 0 radical (unpaired) electrons. The van der Waals surface area contributed by atoms with Gasteiger partial charge in [0, 0.05) is 4.90 Å². The summed E-state index contributed by atoms with van der Waals surface area (Å²) in [5, 5.41) is 12.8. The quantitative estimate of drug-likeness (QED) is 0.723. The molecule has 0 spiro atoms. The molecule has 0 aliphatic carbocycles. The third kappa shape index (κ3) is 3.14. The maximum absolute atomic E-state index is 10.9. The highest BCUT2D eigenvalue weighted by atomic mass is 32.2. The van der Waals surface area contributed by atoms with E-state index in [0.29, 0.717) is 23.2 Å². The molecule has 0 saturated carbocycles. The summed E-state index contributed by atoms with van der Waals surface area (Å²) in [6.07, 6.45) is 1.53. The fourth-order valence-electron chi connectivity index (χ4n) is 1.68. The van der Waals surface area contributed by atoms with Gasteiger partial charge < -0.3 is 14.0 Å². The number of carboxylic acids is 1. The Morgan fingerprint density at radius 1 is 1.29 bits per heavy atom. The Morgan fingerprint density at radius 2 is 2.19 bits per heavy atom. The van der Waals surface area contributed by atoms with Crippen LogP contribution in [0.25, 0.3) is 11.7 Å². The highest BCUT2D eigenvalue weighted by molar-refractivity contribution is 7.98. The lowest BCUT2D eigenvalue weighted by molar-refractivity contribution is 0.0696. The second-order valence-corrected chi connectivity index (χ2v) is 5.16. The van der Waals surface area contributed by atoms with E-state index in [0.717, 1.165) is 4.90 Å². The molecule has 0 amide bonds. The number of thioether (sulfide) groups is 1. The predicted octanol–water partition coefficient (Wildman–Crippen LogP) is 3.32. The molecule has 21 heavy (non-hydrogen) atoms. The van der Waals surface area contributed by atoms with Gasteiger partial charge in [-0.2, -0.15) is 4.98 Å². The molecular formula is C14H10N2O4S. The predicted molar refractivity (Wildman–Crippen MR) is 75.0 cm³/mol. The second kappa shape index (κ2) is 5.84. The SMILES string of the molecule is O=C(O)c1cccc(SCc2noc(-c3ccco3)n2)c1. The number of hydrogen-bond donors (Lipinski definition) is 1. The lowest BCUT2D eigenvalue weighted by atomic mass is 10.2. The van der Waals surface area contributed by atoms with Crippen LogP contribution < -0.4 is 0 Å². The minimum Gasteiger partial charge on any atom is -0.478 e. The van der Waals surface area contributed by atoms with Crippen molar-refractivity contribution in [2.45, 2.75) is 10.6 Å². The zero-order chi connectivity index (χ0) is 14.7. The zero-order valence-electron chi connectivity index (χ0n) is 10.7. The van der Waals surface area contributed by atoms with E-state index in [9.17, 15) is 4.79 Å². The molecule has 3 rings (SSSR count). The van der Waals surface area contributed by atoms with Gasteiger partial charge in [0.2, 0.25) is 0 Å². The summed E-state index contributed by atoms with van der Waals surface area (Å²) < 4.78 is 10.3. The number of aromatic nitrogens is 2. The van der Waals surface area contributed by atoms with Crippen LogP contribution in [0.1, 0.15) is 16.2 Å². The fraction of sp³-hybridized carbons (Fsp3) is 0.0714. The molecule has 1 N–H and O–H groups in total. The van der Waals surface area contributed by atoms with E-state index < -0.39 is 5.97 Å². The minimum atomic E-state index is -0.947. The van der Waals surface area contributed by atoms with E-state index in [1.165, 1.54) is 18.0 Å². The maximum atomic E-state index is 10.9. The van der Waals surface area contributed by atoms with Crippen LogP contribution >= 0.6 is 11.8 Å². The molecule has 6 nitrogen and oxygen atoms in total. The Balaban J connectivity index is 1.68. The first-order valence-electron chi connectivity index (χ1n) is 6.05. The summed E-state index contributed by atoms with van der Waals surface area (Å²) in [6, 6.07) is 10.2. The number of nitrogens with zero attached hydrogens (tertiary/aromatic N) is 2. The molecule has 7 heteroatoms. The number of rotatable bonds is 5. The molecule has 0 aliphatic rings. The van der Waals surface area contributed by atoms with Crippen LogP contribution in [0.5, 0.6) is 0 Å². The van der Waals surface area contributed by atoms with Gasteiger partial charge in [0.05, 0.1) is 17.6 Å². The van der Waals surface area contributed by atoms with Crippen molar-refractivity contribution < 1.29 is 18.8 Å². The lowest BCUT2D eigenvalue weighted by Gasteiger charge is -2.00. The first-order valence-corrected chi connectivity index (χ1v) is 7.03. The van der Waals surface area contributed by atoms with Gasteiger partial charge in [0.25, 0.3) is 5.89 Å². The molecule has 2 aromatic heterocycles. The van der Waals surface area contributed by atoms with E-state index >= 15 is 0 Å². The largest absolute Gasteiger partial charge is 0.478 e. The smallest absolute Gasteiger partial charge is 0.335 e. The lowest BCUT2D eigenvalue weighted by Crippen LogP contribution is -1.95. The highest BCUT2D eigenvalue weighted by Gasteiger charge is 2.11. The summed E-state index contributed by atoms with van der Waals surface area (Å²) in [7, 11) is 0. The summed E-state index contributed by atoms with van der Waals surface area (Å²) in [5.41, 5.74) is 0.254. The standard InChI is InChI=1S/C14H10N2O4S/c17-14(18)9-3-1-4-10(7-9)21-8-12-15-13(20-16-12)11-5-2-6-19-11/h1-7H,8H2,(H,17,18). The second-order valence-electron chi connectivity index (χ2n) is 4.11. The van der Waals surface area contributed by atoms with Crippen molar-refractivity contribution in [1.29, 1.82) is 0 Å². The summed E-state index contributed by atoms with van der Waals surface area (Å²) >= 11 is 1.44. The van der Waals surface area contributed by atoms with Gasteiger partial charge in [-0.05, 0) is 30.3 Å². The Bertz CT molecular complexity index is 752. The molecule has 1 aromatic carbocycles. The average Bonchev–Trinajstić information content (AvgIpc) is 3.16. The Hall–Kier alpha value is -2.54. The van der Waals surface area contributed by atoms with E-state index in [2.05, 4.69) is 10.1 Å². The van der Waals surface area contributed by atoms with Crippen molar-refractivity contribution >= 4 is 17.7 Å². The van der Waals surface area contributed by atoms with Crippen molar-refractivity contribution in [3.8, 4) is 11.7 Å². The van der Waals surface area contributed by atoms with Gasteiger partial charge in [-0.25, -0.2) is 4.79 Å². The molecule has 0 aliphatic heterocycles. The molecule has 0 bridgehead atoms. The number of hydrogen-bond acceptors (Lipinski definition) is 6. The van der Waals surface area contributed by atoms with Gasteiger partial charge in [-0.3, -0.25) is 0 Å². The van der Waals surface area contributed by atoms with Crippen LogP contribution in [-0.4, -0.2) is 21.2 Å². The molecule has 0 atom stereocenters. The minimum absolute atomic E-state index is 0.254. The number of aromatic carboxylic acids is 1. The Labute approximate surface area is 123 Å². The van der Waals surface area contributed by atoms with Crippen LogP contribution in [-0.2, 0) is 5.75 Å².